The number of carboxylic acids is 1. The van der Waals surface area contributed by atoms with Crippen LogP contribution in [-0.2, 0) is 4.79 Å². The zero-order chi connectivity index (χ0) is 22.1. The molecule has 31 heavy (non-hydrogen) atoms. The number of ether oxygens (including phenoxy) is 1. The second kappa shape index (κ2) is 8.58. The third-order valence-electron chi connectivity index (χ3n) is 4.50. The van der Waals surface area contributed by atoms with E-state index < -0.39 is 5.97 Å². The second-order valence-corrected chi connectivity index (χ2v) is 8.47. The predicted molar refractivity (Wildman–Crippen MR) is 125 cm³/mol. The number of rotatable bonds is 5. The van der Waals surface area contributed by atoms with Crippen LogP contribution in [0.2, 0.25) is 5.02 Å². The summed E-state index contributed by atoms with van der Waals surface area (Å²) in [7, 11) is 1.53. The van der Waals surface area contributed by atoms with Crippen molar-refractivity contribution in [3.63, 3.8) is 0 Å². The van der Waals surface area contributed by atoms with E-state index in [1.165, 1.54) is 24.1 Å². The maximum absolute atomic E-state index is 13.0. The smallest absolute Gasteiger partial charge is 0.337 e. The van der Waals surface area contributed by atoms with E-state index in [4.69, 9.17) is 33.0 Å². The molecule has 0 radical (unpaired) electrons. The molecule has 0 atom stereocenters. The topological polar surface area (TPSA) is 80.0 Å². The van der Waals surface area contributed by atoms with E-state index in [0.717, 1.165) is 11.8 Å². The molecule has 156 valence electrons. The van der Waals surface area contributed by atoms with Gasteiger partial charge in [0.2, 0.25) is 0 Å². The summed E-state index contributed by atoms with van der Waals surface area (Å²) in [5, 5.41) is 9.39. The Bertz CT molecular complexity index is 1250. The number of methoxy groups -OCH3 is 1. The quantitative estimate of drug-likeness (QED) is 0.377. The summed E-state index contributed by atoms with van der Waals surface area (Å²) >= 11 is 12.5. The molecule has 1 fully saturated rings. The van der Waals surface area contributed by atoms with Crippen LogP contribution in [0.3, 0.4) is 0 Å². The first-order chi connectivity index (χ1) is 14.9. The molecule has 9 heteroatoms. The lowest BCUT2D eigenvalue weighted by Crippen LogP contribution is -2.27. The Kier molecular flexibility index (Phi) is 5.86. The molecule has 2 heterocycles. The summed E-state index contributed by atoms with van der Waals surface area (Å²) in [5.41, 5.74) is 1.11. The molecule has 0 bridgehead atoms. The van der Waals surface area contributed by atoms with Crippen LogP contribution >= 0.6 is 35.6 Å². The molecule has 1 aromatic heterocycles. The number of furan rings is 1. The van der Waals surface area contributed by atoms with Gasteiger partial charge in [-0.25, -0.2) is 4.79 Å². The highest BCUT2D eigenvalue weighted by Crippen LogP contribution is 2.40. The molecule has 3 aromatic rings. The summed E-state index contributed by atoms with van der Waals surface area (Å²) in [6, 6.07) is 15.1. The number of carboxylic acid groups (broad SMARTS) is 1. The summed E-state index contributed by atoms with van der Waals surface area (Å²) in [4.78, 5) is 26.1. The number of aromatic carboxylic acids is 1. The highest BCUT2D eigenvalue weighted by molar-refractivity contribution is 8.27. The Morgan fingerprint density at radius 3 is 2.74 bits per heavy atom. The van der Waals surface area contributed by atoms with Crippen molar-refractivity contribution in [2.75, 3.05) is 12.0 Å². The van der Waals surface area contributed by atoms with Crippen molar-refractivity contribution in [3.05, 3.63) is 75.8 Å². The number of thioether (sulfide) groups is 1. The Balaban J connectivity index is 1.63. The van der Waals surface area contributed by atoms with E-state index in [1.807, 2.05) is 6.07 Å². The summed E-state index contributed by atoms with van der Waals surface area (Å²) in [6.45, 7) is 0. The molecule has 1 amide bonds. The van der Waals surface area contributed by atoms with Crippen LogP contribution in [0, 0.1) is 0 Å². The zero-order valence-corrected chi connectivity index (χ0v) is 18.4. The van der Waals surface area contributed by atoms with Crippen LogP contribution in [-0.4, -0.2) is 28.4 Å². The van der Waals surface area contributed by atoms with Crippen molar-refractivity contribution in [2.24, 2.45) is 0 Å². The third-order valence-corrected chi connectivity index (χ3v) is 6.13. The van der Waals surface area contributed by atoms with Gasteiger partial charge in [-0.2, -0.15) is 0 Å². The van der Waals surface area contributed by atoms with Gasteiger partial charge in [-0.15, -0.1) is 0 Å². The lowest BCUT2D eigenvalue weighted by Gasteiger charge is -2.17. The SMILES string of the molecule is COc1ccccc1N1C(=O)/C(=C\c2ccc(-c3ccc(Cl)c(C(=O)O)c3)o2)SC1=S. The van der Waals surface area contributed by atoms with Crippen LogP contribution in [0.25, 0.3) is 17.4 Å². The van der Waals surface area contributed by atoms with Crippen molar-refractivity contribution < 1.29 is 23.8 Å². The standard InChI is InChI=1S/C22H14ClNO5S2/c1-28-18-5-3-2-4-16(18)24-20(25)19(31-22(24)30)11-13-7-9-17(29-13)12-6-8-15(23)14(10-12)21(26)27/h2-11H,1H3,(H,26,27)/b19-11+. The van der Waals surface area contributed by atoms with Crippen LogP contribution < -0.4 is 9.64 Å². The van der Waals surface area contributed by atoms with Crippen molar-refractivity contribution in [3.8, 4) is 17.1 Å². The van der Waals surface area contributed by atoms with Gasteiger partial charge >= 0.3 is 5.97 Å². The van der Waals surface area contributed by atoms with E-state index in [2.05, 4.69) is 0 Å². The average Bonchev–Trinajstić information content (AvgIpc) is 3.32. The van der Waals surface area contributed by atoms with Crippen molar-refractivity contribution in [1.82, 2.24) is 0 Å². The fourth-order valence-electron chi connectivity index (χ4n) is 3.05. The number of nitrogens with zero attached hydrogens (tertiary/aromatic N) is 1. The number of benzene rings is 2. The van der Waals surface area contributed by atoms with Crippen LogP contribution in [0.5, 0.6) is 5.75 Å². The zero-order valence-electron chi connectivity index (χ0n) is 16.0. The van der Waals surface area contributed by atoms with E-state index in [9.17, 15) is 14.7 Å². The number of hydrogen-bond donors (Lipinski definition) is 1. The van der Waals surface area contributed by atoms with Gasteiger partial charge < -0.3 is 14.3 Å². The molecule has 6 nitrogen and oxygen atoms in total. The number of hydrogen-bond acceptors (Lipinski definition) is 6. The molecule has 0 saturated carbocycles. The highest BCUT2D eigenvalue weighted by atomic mass is 35.5. The van der Waals surface area contributed by atoms with Gasteiger partial charge in [0.1, 0.15) is 17.3 Å². The maximum atomic E-state index is 13.0. The number of anilines is 1. The Morgan fingerprint density at radius 2 is 2.00 bits per heavy atom. The largest absolute Gasteiger partial charge is 0.495 e. The molecule has 4 rings (SSSR count). The molecule has 0 spiro atoms. The molecule has 2 aromatic carbocycles. The summed E-state index contributed by atoms with van der Waals surface area (Å²) < 4.78 is 11.5. The van der Waals surface area contributed by atoms with Gasteiger partial charge in [-0.05, 0) is 42.5 Å². The van der Waals surface area contributed by atoms with Crippen LogP contribution in [0.1, 0.15) is 16.1 Å². The van der Waals surface area contributed by atoms with E-state index in [-0.39, 0.29) is 16.5 Å². The van der Waals surface area contributed by atoms with Crippen LogP contribution in [0.15, 0.2) is 63.9 Å². The van der Waals surface area contributed by atoms with E-state index >= 15 is 0 Å². The Morgan fingerprint density at radius 1 is 1.23 bits per heavy atom. The van der Waals surface area contributed by atoms with Gasteiger partial charge in [0.05, 0.1) is 28.3 Å². The molecule has 0 aliphatic carbocycles. The molecular formula is C22H14ClNO5S2. The van der Waals surface area contributed by atoms with E-state index in [1.54, 1.807) is 42.5 Å². The number of halogens is 1. The molecule has 1 saturated heterocycles. The third kappa shape index (κ3) is 4.10. The molecule has 1 aliphatic heterocycles. The number of para-hydroxylation sites is 2. The van der Waals surface area contributed by atoms with Gasteiger partial charge in [-0.1, -0.05) is 47.7 Å². The summed E-state index contributed by atoms with van der Waals surface area (Å²) in [6.07, 6.45) is 1.60. The fourth-order valence-corrected chi connectivity index (χ4v) is 4.51. The molecular weight excluding hydrogens is 458 g/mol. The summed E-state index contributed by atoms with van der Waals surface area (Å²) in [5.74, 6) is 0.0148. The van der Waals surface area contributed by atoms with Crippen molar-refractivity contribution in [2.45, 2.75) is 0 Å². The van der Waals surface area contributed by atoms with Crippen molar-refractivity contribution in [1.29, 1.82) is 0 Å². The minimum Gasteiger partial charge on any atom is -0.495 e. The first-order valence-corrected chi connectivity index (χ1v) is 10.5. The van der Waals surface area contributed by atoms with Gasteiger partial charge in [0, 0.05) is 11.6 Å². The lowest BCUT2D eigenvalue weighted by atomic mass is 10.1. The Labute approximate surface area is 192 Å². The predicted octanol–water partition coefficient (Wildman–Crippen LogP) is 5.71. The number of carbonyl (C=O) groups excluding carboxylic acids is 1. The van der Waals surface area contributed by atoms with Gasteiger partial charge in [0.15, 0.2) is 4.32 Å². The minimum absolute atomic E-state index is 0.0187. The molecule has 1 N–H and O–H groups in total. The van der Waals surface area contributed by atoms with Crippen molar-refractivity contribution >= 4 is 63.5 Å². The second-order valence-electron chi connectivity index (χ2n) is 6.39. The fraction of sp³-hybridized carbons (Fsp3) is 0.0455. The Hall–Kier alpha value is -3.07. The minimum atomic E-state index is -1.13. The van der Waals surface area contributed by atoms with Gasteiger partial charge in [-0.3, -0.25) is 9.69 Å². The van der Waals surface area contributed by atoms with Gasteiger partial charge in [0.25, 0.3) is 5.91 Å². The highest BCUT2D eigenvalue weighted by Gasteiger charge is 2.35. The first kappa shape index (κ1) is 21.2. The molecule has 0 unspecified atom stereocenters. The first-order valence-electron chi connectivity index (χ1n) is 8.93. The monoisotopic (exact) mass is 471 g/mol. The lowest BCUT2D eigenvalue weighted by molar-refractivity contribution is -0.113. The average molecular weight is 472 g/mol. The number of carbonyl (C=O) groups is 2. The molecule has 1 aliphatic rings. The van der Waals surface area contributed by atoms with Crippen LogP contribution in [0.4, 0.5) is 5.69 Å². The number of amides is 1. The normalized spacial score (nSPS) is 15.0. The number of thiocarbonyl (C=S) groups is 1. The maximum Gasteiger partial charge on any atom is 0.337 e. The van der Waals surface area contributed by atoms with E-state index in [0.29, 0.717) is 37.7 Å².